The summed E-state index contributed by atoms with van der Waals surface area (Å²) in [6, 6.07) is 6.93. The minimum atomic E-state index is -1.73. The number of hydrogen-bond acceptors (Lipinski definition) is 4. The van der Waals surface area contributed by atoms with Crippen molar-refractivity contribution in [2.45, 2.75) is 38.6 Å². The van der Waals surface area contributed by atoms with E-state index in [0.717, 1.165) is 5.57 Å². The topological polar surface area (TPSA) is 66.8 Å². The number of hydrogen-bond donors (Lipinski definition) is 2. The van der Waals surface area contributed by atoms with Crippen LogP contribution < -0.4 is 0 Å². The van der Waals surface area contributed by atoms with Crippen LogP contribution in [-0.4, -0.2) is 28.2 Å². The molecule has 0 aromatic heterocycles. The van der Waals surface area contributed by atoms with Crippen LogP contribution in [0.1, 0.15) is 43.1 Å². The van der Waals surface area contributed by atoms with Crippen LogP contribution in [0.3, 0.4) is 0 Å². The lowest BCUT2D eigenvalue weighted by atomic mass is 9.79. The number of carbonyl (C=O) groups excluding carboxylic acids is 1. The zero-order chi connectivity index (χ0) is 17.5. The van der Waals surface area contributed by atoms with Crippen molar-refractivity contribution in [1.82, 2.24) is 0 Å². The highest BCUT2D eigenvalue weighted by Crippen LogP contribution is 2.44. The zero-order valence-electron chi connectivity index (χ0n) is 14.2. The summed E-state index contributed by atoms with van der Waals surface area (Å²) in [6.45, 7) is 5.46. The van der Waals surface area contributed by atoms with E-state index in [-0.39, 0.29) is 12.4 Å². The van der Waals surface area contributed by atoms with Crippen molar-refractivity contribution < 1.29 is 19.7 Å². The Balaban J connectivity index is 2.25. The second-order valence-corrected chi connectivity index (χ2v) is 6.88. The molecular formula is C20H22O4. The third kappa shape index (κ3) is 2.77. The molecule has 3 rings (SSSR count). The minimum absolute atomic E-state index is 0.0675. The van der Waals surface area contributed by atoms with E-state index in [1.54, 1.807) is 43.3 Å². The van der Waals surface area contributed by atoms with Crippen LogP contribution >= 0.6 is 0 Å². The predicted octanol–water partition coefficient (Wildman–Crippen LogP) is 3.02. The molecule has 2 N–H and O–H groups in total. The van der Waals surface area contributed by atoms with Gasteiger partial charge in [0.05, 0.1) is 6.61 Å². The molecule has 1 aromatic rings. The van der Waals surface area contributed by atoms with Crippen LogP contribution in [0.25, 0.3) is 0 Å². The molecule has 0 fully saturated rings. The molecular weight excluding hydrogens is 304 g/mol. The Morgan fingerprint density at radius 2 is 2.00 bits per heavy atom. The summed E-state index contributed by atoms with van der Waals surface area (Å²) in [6.07, 6.45) is 5.55. The number of allylic oxidation sites excluding steroid dienone is 3. The largest absolute Gasteiger partial charge is 0.384 e. The molecule has 2 aliphatic rings. The highest BCUT2D eigenvalue weighted by molar-refractivity contribution is 6.12. The maximum Gasteiger partial charge on any atom is 0.221 e. The van der Waals surface area contributed by atoms with Crippen LogP contribution in [0, 0.1) is 0 Å². The fraction of sp³-hybridized carbons (Fsp3) is 0.350. The molecule has 24 heavy (non-hydrogen) atoms. The number of ketones is 1. The third-order valence-electron chi connectivity index (χ3n) is 4.40. The first-order valence-electron chi connectivity index (χ1n) is 8.04. The van der Waals surface area contributed by atoms with Gasteiger partial charge in [0.1, 0.15) is 5.60 Å². The van der Waals surface area contributed by atoms with Crippen LogP contribution in [0.5, 0.6) is 0 Å². The van der Waals surface area contributed by atoms with Crippen molar-refractivity contribution in [1.29, 1.82) is 0 Å². The molecule has 1 aliphatic heterocycles. The highest BCUT2D eigenvalue weighted by Gasteiger charge is 2.46. The van der Waals surface area contributed by atoms with Gasteiger partial charge in [0.2, 0.25) is 5.79 Å². The molecule has 4 nitrogen and oxygen atoms in total. The van der Waals surface area contributed by atoms with Crippen molar-refractivity contribution in [3.63, 3.8) is 0 Å². The Labute approximate surface area is 141 Å². The van der Waals surface area contributed by atoms with E-state index in [2.05, 4.69) is 0 Å². The van der Waals surface area contributed by atoms with E-state index in [1.165, 1.54) is 0 Å². The second-order valence-electron chi connectivity index (χ2n) is 6.88. The third-order valence-corrected chi connectivity index (χ3v) is 4.40. The molecule has 0 radical (unpaired) electrons. The normalized spacial score (nSPS) is 29.0. The van der Waals surface area contributed by atoms with E-state index in [4.69, 9.17) is 4.74 Å². The molecule has 4 heteroatoms. The van der Waals surface area contributed by atoms with E-state index in [0.29, 0.717) is 28.7 Å². The van der Waals surface area contributed by atoms with Gasteiger partial charge >= 0.3 is 0 Å². The van der Waals surface area contributed by atoms with Gasteiger partial charge in [0, 0.05) is 22.3 Å². The number of benzene rings is 1. The lowest BCUT2D eigenvalue weighted by Gasteiger charge is -2.36. The van der Waals surface area contributed by atoms with Gasteiger partial charge in [0.25, 0.3) is 0 Å². The first-order chi connectivity index (χ1) is 11.2. The molecule has 0 spiro atoms. The van der Waals surface area contributed by atoms with Crippen molar-refractivity contribution in [2.24, 2.45) is 0 Å². The molecule has 0 unspecified atom stereocenters. The highest BCUT2D eigenvalue weighted by atomic mass is 16.6. The molecule has 126 valence electrons. The lowest BCUT2D eigenvalue weighted by Crippen LogP contribution is -2.40. The smallest absolute Gasteiger partial charge is 0.221 e. The summed E-state index contributed by atoms with van der Waals surface area (Å²) in [5.74, 6) is -1.84. The number of aliphatic hydroxyl groups is 2. The fourth-order valence-electron chi connectivity index (χ4n) is 3.05. The Bertz CT molecular complexity index is 779. The van der Waals surface area contributed by atoms with E-state index in [1.807, 2.05) is 19.9 Å². The Kier molecular flexibility index (Phi) is 4.08. The second kappa shape index (κ2) is 5.81. The molecule has 0 bridgehead atoms. The van der Waals surface area contributed by atoms with Gasteiger partial charge in [-0.2, -0.15) is 0 Å². The van der Waals surface area contributed by atoms with Crippen molar-refractivity contribution in [3.8, 4) is 0 Å². The summed E-state index contributed by atoms with van der Waals surface area (Å²) >= 11 is 0. The van der Waals surface area contributed by atoms with Gasteiger partial charge in [-0.1, -0.05) is 48.1 Å². The SMILES string of the molecule is CC(C)=CCC1=C2C=C[C@@](C)(O)CO[C@]2(O)c2ccccc2C1=O. The van der Waals surface area contributed by atoms with Gasteiger partial charge < -0.3 is 14.9 Å². The van der Waals surface area contributed by atoms with Gasteiger partial charge in [0.15, 0.2) is 5.78 Å². The van der Waals surface area contributed by atoms with Crippen molar-refractivity contribution >= 4 is 5.78 Å². The standard InChI is InChI=1S/C20H22O4/c1-13(2)8-9-15-17-10-11-19(3,22)12-24-20(17,23)16-7-5-4-6-14(16)18(15)21/h4-8,10-11,22-23H,9,12H2,1-3H3/t19-,20-/m1/s1. The maximum absolute atomic E-state index is 12.9. The Morgan fingerprint density at radius 1 is 1.29 bits per heavy atom. The summed E-state index contributed by atoms with van der Waals surface area (Å²) in [5.41, 5.74) is 1.64. The molecule has 0 saturated heterocycles. The minimum Gasteiger partial charge on any atom is -0.384 e. The van der Waals surface area contributed by atoms with E-state index < -0.39 is 11.4 Å². The van der Waals surface area contributed by atoms with Crippen LogP contribution in [0.2, 0.25) is 0 Å². The number of rotatable bonds is 2. The monoisotopic (exact) mass is 326 g/mol. The van der Waals surface area contributed by atoms with E-state index in [9.17, 15) is 15.0 Å². The first-order valence-corrected chi connectivity index (χ1v) is 8.04. The number of fused-ring (bicyclic) bond motifs is 3. The molecule has 1 heterocycles. The maximum atomic E-state index is 12.9. The number of carbonyl (C=O) groups is 1. The molecule has 0 amide bonds. The average Bonchev–Trinajstić information content (AvgIpc) is 2.66. The van der Waals surface area contributed by atoms with Crippen LogP contribution in [0.15, 0.2) is 59.2 Å². The van der Waals surface area contributed by atoms with Gasteiger partial charge in [-0.3, -0.25) is 4.79 Å². The van der Waals surface area contributed by atoms with Crippen LogP contribution in [0.4, 0.5) is 0 Å². The fourth-order valence-corrected chi connectivity index (χ4v) is 3.05. The average molecular weight is 326 g/mol. The number of ether oxygens (including phenoxy) is 1. The predicted molar refractivity (Wildman–Crippen MR) is 91.5 cm³/mol. The lowest BCUT2D eigenvalue weighted by molar-refractivity contribution is -0.201. The Hall–Kier alpha value is -2.01. The Morgan fingerprint density at radius 3 is 2.71 bits per heavy atom. The summed E-state index contributed by atoms with van der Waals surface area (Å²) in [7, 11) is 0. The van der Waals surface area contributed by atoms with Gasteiger partial charge in [-0.25, -0.2) is 0 Å². The quantitative estimate of drug-likeness (QED) is 0.820. The summed E-state index contributed by atoms with van der Waals surface area (Å²) in [5, 5.41) is 21.6. The zero-order valence-corrected chi connectivity index (χ0v) is 14.2. The van der Waals surface area contributed by atoms with Crippen LogP contribution in [-0.2, 0) is 10.5 Å². The van der Waals surface area contributed by atoms with Gasteiger partial charge in [-0.15, -0.1) is 0 Å². The molecule has 1 aromatic carbocycles. The summed E-state index contributed by atoms with van der Waals surface area (Å²) in [4.78, 5) is 12.9. The van der Waals surface area contributed by atoms with Crippen molar-refractivity contribution in [3.05, 3.63) is 70.3 Å². The molecule has 1 aliphatic carbocycles. The number of Topliss-reactive ketones (excluding diaryl/α,β-unsaturated/α-hetero) is 1. The molecule has 2 atom stereocenters. The summed E-state index contributed by atoms with van der Waals surface area (Å²) < 4.78 is 5.73. The first kappa shape index (κ1) is 16.8. The van der Waals surface area contributed by atoms with Gasteiger partial charge in [-0.05, 0) is 27.2 Å². The molecule has 0 saturated carbocycles. The van der Waals surface area contributed by atoms with Crippen molar-refractivity contribution in [2.75, 3.05) is 6.61 Å². The van der Waals surface area contributed by atoms with E-state index >= 15 is 0 Å².